The predicted octanol–water partition coefficient (Wildman–Crippen LogP) is 10.9. The monoisotopic (exact) mass is 914 g/mol. The van der Waals surface area contributed by atoms with Gasteiger partial charge in [-0.1, -0.05) is 36.4 Å². The number of hydrogen-bond acceptors (Lipinski definition) is 12. The van der Waals surface area contributed by atoms with Gasteiger partial charge in [-0.15, -0.1) is 22.7 Å². The normalized spacial score (nSPS) is 16.0. The van der Waals surface area contributed by atoms with Crippen molar-refractivity contribution in [1.29, 1.82) is 0 Å². The Bertz CT molecular complexity index is 2770. The van der Waals surface area contributed by atoms with Gasteiger partial charge >= 0.3 is 0 Å². The molecule has 332 valence electrons. The number of amides is 2. The van der Waals surface area contributed by atoms with Crippen LogP contribution in [0.3, 0.4) is 0 Å². The number of hydrogen-bond donors (Lipinski definition) is 0. The molecule has 0 bridgehead atoms. The lowest BCUT2D eigenvalue weighted by Gasteiger charge is -2.32. The number of piperidine rings is 2. The molecule has 6 heterocycles. The molecule has 4 aromatic carbocycles. The van der Waals surface area contributed by atoms with Gasteiger partial charge in [0, 0.05) is 86.5 Å². The van der Waals surface area contributed by atoms with Gasteiger partial charge in [0.25, 0.3) is 0 Å². The first kappa shape index (κ1) is 44.1. The van der Waals surface area contributed by atoms with E-state index in [1.165, 1.54) is 22.7 Å². The number of carbonyl (C=O) groups excluding carboxylic acids is 4. The number of pyridine rings is 2. The number of nitrogens with zero attached hydrogens (tertiary/aromatic N) is 6. The van der Waals surface area contributed by atoms with Crippen molar-refractivity contribution in [3.8, 4) is 23.3 Å². The first-order valence-corrected chi connectivity index (χ1v) is 23.6. The minimum atomic E-state index is -0.104. The molecule has 2 amide bonds. The Balaban J connectivity index is 0.000000166. The van der Waals surface area contributed by atoms with E-state index in [4.69, 9.17) is 9.47 Å². The Labute approximate surface area is 389 Å². The van der Waals surface area contributed by atoms with Crippen molar-refractivity contribution in [2.24, 2.45) is 0 Å². The van der Waals surface area contributed by atoms with E-state index in [-0.39, 0.29) is 35.2 Å². The van der Waals surface area contributed by atoms with Gasteiger partial charge in [-0.25, -0.2) is 19.9 Å². The van der Waals surface area contributed by atoms with Crippen molar-refractivity contribution in [2.45, 2.75) is 51.4 Å². The third-order valence-corrected chi connectivity index (χ3v) is 13.9. The predicted molar refractivity (Wildman–Crippen MR) is 256 cm³/mol. The number of para-hydroxylation sites is 2. The van der Waals surface area contributed by atoms with Crippen LogP contribution in [0, 0.1) is 0 Å². The zero-order valence-corrected chi connectivity index (χ0v) is 38.1. The maximum absolute atomic E-state index is 12.9. The Hall–Kier alpha value is -7.16. The molecule has 2 fully saturated rings. The van der Waals surface area contributed by atoms with Crippen LogP contribution in [0.15, 0.2) is 134 Å². The molecule has 8 aromatic rings. The fourth-order valence-electron chi connectivity index (χ4n) is 8.39. The van der Waals surface area contributed by atoms with Gasteiger partial charge in [0.15, 0.2) is 10.0 Å². The standard InChI is InChI=1S/2C26H23N3O3S/c2*1-17(30)29-15-5-6-19(16-29)21-7-4-14-27-25(21)32-20-12-10-18(11-13-20)24(31)26-28-22-8-2-3-9-23(22)33-26/h2*2-4,7-14,19H,5-6,15-16H2,1H3. The summed E-state index contributed by atoms with van der Waals surface area (Å²) in [7, 11) is 0. The van der Waals surface area contributed by atoms with Crippen molar-refractivity contribution in [3.05, 3.63) is 166 Å². The van der Waals surface area contributed by atoms with E-state index in [0.717, 1.165) is 70.3 Å². The average Bonchev–Trinajstić information content (AvgIpc) is 4.00. The van der Waals surface area contributed by atoms with Crippen LogP contribution in [-0.2, 0) is 9.59 Å². The lowest BCUT2D eigenvalue weighted by molar-refractivity contribution is -0.130. The molecule has 0 radical (unpaired) electrons. The lowest BCUT2D eigenvalue weighted by Crippen LogP contribution is -2.37. The van der Waals surface area contributed by atoms with E-state index in [0.29, 0.717) is 57.5 Å². The second-order valence-corrected chi connectivity index (χ2v) is 18.3. The van der Waals surface area contributed by atoms with Crippen molar-refractivity contribution in [3.63, 3.8) is 0 Å². The molecular weight excluding hydrogens is 869 g/mol. The van der Waals surface area contributed by atoms with Crippen molar-refractivity contribution in [1.82, 2.24) is 29.7 Å². The van der Waals surface area contributed by atoms with Crippen molar-refractivity contribution < 1.29 is 28.7 Å². The van der Waals surface area contributed by atoms with E-state index in [9.17, 15) is 19.2 Å². The summed E-state index contributed by atoms with van der Waals surface area (Å²) in [6.45, 7) is 6.17. The molecule has 10 rings (SSSR count). The number of rotatable bonds is 10. The van der Waals surface area contributed by atoms with Gasteiger partial charge in [0.1, 0.15) is 11.5 Å². The van der Waals surface area contributed by atoms with Crippen LogP contribution in [0.25, 0.3) is 20.4 Å². The molecule has 2 aliphatic heterocycles. The molecule has 2 aliphatic rings. The molecule has 2 unspecified atom stereocenters. The molecule has 2 saturated heterocycles. The van der Waals surface area contributed by atoms with E-state index in [2.05, 4.69) is 19.9 Å². The number of thiazole rings is 2. The van der Waals surface area contributed by atoms with Crippen LogP contribution >= 0.6 is 22.7 Å². The summed E-state index contributed by atoms with van der Waals surface area (Å²) in [6, 6.07) is 37.4. The number of benzene rings is 4. The molecule has 0 spiro atoms. The third kappa shape index (κ3) is 10.0. The fraction of sp³-hybridized carbons (Fsp3) is 0.231. The first-order valence-electron chi connectivity index (χ1n) is 21.9. The van der Waals surface area contributed by atoms with Gasteiger partial charge in [-0.05, 0) is 111 Å². The summed E-state index contributed by atoms with van der Waals surface area (Å²) >= 11 is 2.79. The smallest absolute Gasteiger partial charge is 0.222 e. The van der Waals surface area contributed by atoms with Gasteiger partial charge in [-0.2, -0.15) is 0 Å². The number of likely N-dealkylation sites (tertiary alicyclic amines) is 2. The topological polar surface area (TPSA) is 145 Å². The second-order valence-electron chi connectivity index (χ2n) is 16.3. The number of carbonyl (C=O) groups is 4. The van der Waals surface area contributed by atoms with Gasteiger partial charge < -0.3 is 19.3 Å². The Morgan fingerprint density at radius 2 is 0.939 bits per heavy atom. The number of fused-ring (bicyclic) bond motifs is 2. The summed E-state index contributed by atoms with van der Waals surface area (Å²) in [6.07, 6.45) is 7.30. The summed E-state index contributed by atoms with van der Waals surface area (Å²) in [4.78, 5) is 71.0. The molecule has 0 saturated carbocycles. The molecule has 12 nitrogen and oxygen atoms in total. The summed E-state index contributed by atoms with van der Waals surface area (Å²) in [5, 5.41) is 0.952. The molecule has 14 heteroatoms. The number of aromatic nitrogens is 4. The molecule has 0 N–H and O–H groups in total. The van der Waals surface area contributed by atoms with E-state index < -0.39 is 0 Å². The summed E-state index contributed by atoms with van der Waals surface area (Å²) in [5.41, 5.74) is 4.79. The maximum atomic E-state index is 12.9. The molecule has 2 atom stereocenters. The zero-order valence-electron chi connectivity index (χ0n) is 36.5. The van der Waals surface area contributed by atoms with Gasteiger partial charge in [0.2, 0.25) is 35.1 Å². The number of ketones is 2. The zero-order chi connectivity index (χ0) is 45.6. The van der Waals surface area contributed by atoms with E-state index in [1.807, 2.05) is 82.6 Å². The van der Waals surface area contributed by atoms with Crippen LogP contribution < -0.4 is 9.47 Å². The summed E-state index contributed by atoms with van der Waals surface area (Å²) < 4.78 is 14.2. The highest BCUT2D eigenvalue weighted by molar-refractivity contribution is 7.20. The molecule has 4 aromatic heterocycles. The van der Waals surface area contributed by atoms with Crippen LogP contribution in [0.5, 0.6) is 23.3 Å². The Kier molecular flexibility index (Phi) is 13.3. The highest BCUT2D eigenvalue weighted by Crippen LogP contribution is 2.36. The van der Waals surface area contributed by atoms with Crippen LogP contribution in [0.4, 0.5) is 0 Å². The van der Waals surface area contributed by atoms with E-state index in [1.54, 1.807) is 74.8 Å². The van der Waals surface area contributed by atoms with Crippen molar-refractivity contribution in [2.75, 3.05) is 26.2 Å². The average molecular weight is 915 g/mol. The Morgan fingerprint density at radius 1 is 0.530 bits per heavy atom. The third-order valence-electron chi connectivity index (χ3n) is 11.9. The lowest BCUT2D eigenvalue weighted by atomic mass is 9.91. The highest BCUT2D eigenvalue weighted by Gasteiger charge is 2.28. The fourth-order valence-corrected chi connectivity index (χ4v) is 10.2. The Morgan fingerprint density at radius 3 is 1.33 bits per heavy atom. The van der Waals surface area contributed by atoms with E-state index >= 15 is 0 Å². The van der Waals surface area contributed by atoms with Gasteiger partial charge in [-0.3, -0.25) is 19.2 Å². The maximum Gasteiger partial charge on any atom is 0.222 e. The largest absolute Gasteiger partial charge is 0.439 e. The quantitative estimate of drug-likeness (QED) is 0.122. The first-order chi connectivity index (χ1) is 32.2. The number of ether oxygens (including phenoxy) is 2. The summed E-state index contributed by atoms with van der Waals surface area (Å²) in [5.74, 6) is 2.65. The SMILES string of the molecule is CC(=O)N1CCCC(c2cccnc2Oc2ccc(C(=O)c3nc4ccccc4s3)cc2)C1.CC(=O)N1CCCC(c2cccnc2Oc2ccc(C(=O)c3nc4ccccc4s3)cc2)C1. The molecular formula is C52H46N6O6S2. The highest BCUT2D eigenvalue weighted by atomic mass is 32.1. The second kappa shape index (κ2) is 19.9. The minimum Gasteiger partial charge on any atom is -0.439 e. The van der Waals surface area contributed by atoms with Crippen LogP contribution in [0.1, 0.15) is 93.2 Å². The van der Waals surface area contributed by atoms with Crippen LogP contribution in [0.2, 0.25) is 0 Å². The van der Waals surface area contributed by atoms with Gasteiger partial charge in [0.05, 0.1) is 20.4 Å². The molecule has 0 aliphatic carbocycles. The van der Waals surface area contributed by atoms with Crippen LogP contribution in [-0.4, -0.2) is 79.3 Å². The molecule has 66 heavy (non-hydrogen) atoms. The minimum absolute atomic E-state index is 0.0967. The van der Waals surface area contributed by atoms with Crippen molar-refractivity contribution >= 4 is 66.5 Å².